The second-order valence-corrected chi connectivity index (χ2v) is 8.20. The van der Waals surface area contributed by atoms with Crippen LogP contribution in [0.4, 0.5) is 5.69 Å². The second-order valence-electron chi connectivity index (χ2n) is 8.20. The molecule has 0 aliphatic carbocycles. The first-order chi connectivity index (χ1) is 17.0. The van der Waals surface area contributed by atoms with Crippen molar-refractivity contribution in [1.29, 1.82) is 0 Å². The number of nitrogens with zero attached hydrogens (tertiary/aromatic N) is 2. The van der Waals surface area contributed by atoms with E-state index in [1.807, 2.05) is 12.1 Å². The summed E-state index contributed by atoms with van der Waals surface area (Å²) in [5.41, 5.74) is 1.16. The number of carbonyl (C=O) groups excluding carboxylic acids is 1. The zero-order valence-electron chi connectivity index (χ0n) is 18.5. The fourth-order valence-corrected chi connectivity index (χ4v) is 4.67. The van der Waals surface area contributed by atoms with Gasteiger partial charge in [0.25, 0.3) is 5.69 Å². The highest BCUT2D eigenvalue weighted by Crippen LogP contribution is 2.35. The molecule has 166 valence electrons. The van der Waals surface area contributed by atoms with Crippen LogP contribution in [0.5, 0.6) is 0 Å². The summed E-state index contributed by atoms with van der Waals surface area (Å²) >= 11 is 0. The Bertz CT molecular complexity index is 1880. The Morgan fingerprint density at radius 2 is 1.49 bits per heavy atom. The first kappa shape index (κ1) is 20.6. The number of nitro benzene ring substituents is 1. The summed E-state index contributed by atoms with van der Waals surface area (Å²) in [5.74, 6) is 5.70. The largest absolute Gasteiger partial charge is 0.464 e. The van der Waals surface area contributed by atoms with E-state index in [0.717, 1.165) is 21.7 Å². The maximum Gasteiger partial charge on any atom is 0.356 e. The number of methoxy groups -OCH3 is 1. The molecule has 0 unspecified atom stereocenters. The van der Waals surface area contributed by atoms with E-state index < -0.39 is 10.9 Å². The molecule has 35 heavy (non-hydrogen) atoms. The lowest BCUT2D eigenvalue weighted by Crippen LogP contribution is -2.06. The molecule has 0 saturated heterocycles. The van der Waals surface area contributed by atoms with Gasteiger partial charge in [-0.3, -0.25) is 10.1 Å². The zero-order chi connectivity index (χ0) is 24.1. The molecule has 0 spiro atoms. The molecule has 0 aliphatic heterocycles. The highest BCUT2D eigenvalue weighted by molar-refractivity contribution is 6.23. The monoisotopic (exact) mass is 456 g/mol. The maximum atomic E-state index is 12.2. The average molecular weight is 456 g/mol. The lowest BCUT2D eigenvalue weighted by molar-refractivity contribution is -0.383. The van der Waals surface area contributed by atoms with Crippen molar-refractivity contribution in [2.24, 2.45) is 0 Å². The number of aromatic nitrogens is 1. The molecule has 0 aliphatic rings. The molecule has 1 heterocycles. The Kier molecular flexibility index (Phi) is 4.58. The molecule has 0 radical (unpaired) electrons. The van der Waals surface area contributed by atoms with Gasteiger partial charge in [0.1, 0.15) is 5.52 Å². The molecule has 0 amide bonds. The molecule has 1 aromatic heterocycles. The van der Waals surface area contributed by atoms with Crippen LogP contribution in [0, 0.1) is 22.0 Å². The number of benzene rings is 5. The minimum absolute atomic E-state index is 0.0333. The first-order valence-electron chi connectivity index (χ1n) is 10.9. The zero-order valence-corrected chi connectivity index (χ0v) is 18.5. The lowest BCUT2D eigenvalue weighted by atomic mass is 9.92. The number of pyridine rings is 1. The van der Waals surface area contributed by atoms with Gasteiger partial charge in [-0.2, -0.15) is 0 Å². The minimum Gasteiger partial charge on any atom is -0.464 e. The van der Waals surface area contributed by atoms with Crippen molar-refractivity contribution in [2.45, 2.75) is 0 Å². The number of rotatable bonds is 2. The second kappa shape index (κ2) is 7.79. The topological polar surface area (TPSA) is 82.3 Å². The first-order valence-corrected chi connectivity index (χ1v) is 10.9. The quantitative estimate of drug-likeness (QED) is 0.101. The number of carbonyl (C=O) groups is 1. The summed E-state index contributed by atoms with van der Waals surface area (Å²) in [6.07, 6.45) is 0. The van der Waals surface area contributed by atoms with E-state index in [2.05, 4.69) is 59.3 Å². The van der Waals surface area contributed by atoms with Gasteiger partial charge in [0.2, 0.25) is 0 Å². The molecule has 6 nitrogen and oxygen atoms in total. The van der Waals surface area contributed by atoms with Crippen LogP contribution >= 0.6 is 0 Å². The predicted octanol–water partition coefficient (Wildman–Crippen LogP) is 6.23. The fraction of sp³-hybridized carbons (Fsp3) is 0.0345. The van der Waals surface area contributed by atoms with E-state index in [0.29, 0.717) is 10.9 Å². The van der Waals surface area contributed by atoms with E-state index in [1.54, 1.807) is 12.1 Å². The molecule has 0 atom stereocenters. The summed E-state index contributed by atoms with van der Waals surface area (Å²) in [6.45, 7) is 0. The summed E-state index contributed by atoms with van der Waals surface area (Å²) in [6, 6.07) is 24.8. The highest BCUT2D eigenvalue weighted by Gasteiger charge is 2.19. The minimum atomic E-state index is -0.684. The normalized spacial score (nSPS) is 11.1. The Balaban J connectivity index is 1.61. The highest BCUT2D eigenvalue weighted by atomic mass is 16.6. The summed E-state index contributed by atoms with van der Waals surface area (Å²) in [5, 5.41) is 18.9. The number of fused-ring (bicyclic) bond motifs is 1. The van der Waals surface area contributed by atoms with Crippen LogP contribution < -0.4 is 0 Å². The van der Waals surface area contributed by atoms with Gasteiger partial charge in [-0.25, -0.2) is 9.78 Å². The Labute approximate surface area is 199 Å². The Morgan fingerprint density at radius 1 is 0.829 bits per heavy atom. The van der Waals surface area contributed by atoms with Gasteiger partial charge in [-0.05, 0) is 44.5 Å². The third-order valence-corrected chi connectivity index (χ3v) is 6.27. The Hall–Kier alpha value is -5.02. The number of ether oxygens (including phenoxy) is 1. The standard InChI is InChI=1S/C29H16N2O4/c1-35-29(32)24-16-21(23-6-3-7-25(31(33)34)28(23)30-24)13-9-17-8-10-20-12-11-18-4-2-5-19-14-15-22(17)27(20)26(18)19/h2-8,10-12,14-16H,1H3. The van der Waals surface area contributed by atoms with E-state index in [9.17, 15) is 14.9 Å². The lowest BCUT2D eigenvalue weighted by Gasteiger charge is -2.11. The average Bonchev–Trinajstić information content (AvgIpc) is 2.89. The molecular weight excluding hydrogens is 440 g/mol. The molecular formula is C29H16N2O4. The van der Waals surface area contributed by atoms with Crippen LogP contribution in [0.3, 0.4) is 0 Å². The number of nitro groups is 1. The van der Waals surface area contributed by atoms with Crippen LogP contribution in [0.15, 0.2) is 78.9 Å². The number of para-hydroxylation sites is 1. The summed E-state index contributed by atoms with van der Waals surface area (Å²) in [7, 11) is 1.24. The summed E-state index contributed by atoms with van der Waals surface area (Å²) in [4.78, 5) is 27.5. The number of hydrogen-bond donors (Lipinski definition) is 0. The number of hydrogen-bond acceptors (Lipinski definition) is 5. The molecule has 6 aromatic rings. The third-order valence-electron chi connectivity index (χ3n) is 6.27. The van der Waals surface area contributed by atoms with Gasteiger partial charge < -0.3 is 4.74 Å². The van der Waals surface area contributed by atoms with Gasteiger partial charge in [0, 0.05) is 22.6 Å². The van der Waals surface area contributed by atoms with Gasteiger partial charge in [0.05, 0.1) is 12.0 Å². The number of non-ortho nitro benzene ring substituents is 1. The van der Waals surface area contributed by atoms with Gasteiger partial charge in [-0.15, -0.1) is 0 Å². The SMILES string of the molecule is COC(=O)c1cc(C#Cc2ccc3ccc4cccc5ccc2c3c45)c2cccc([N+](=O)[O-])c2n1. The van der Waals surface area contributed by atoms with E-state index in [4.69, 9.17) is 4.74 Å². The van der Waals surface area contributed by atoms with Crippen molar-refractivity contribution < 1.29 is 14.5 Å². The van der Waals surface area contributed by atoms with Gasteiger partial charge in [0.15, 0.2) is 5.69 Å². The van der Waals surface area contributed by atoms with Crippen LogP contribution in [-0.4, -0.2) is 23.0 Å². The Morgan fingerprint density at radius 3 is 2.23 bits per heavy atom. The maximum absolute atomic E-state index is 12.2. The molecule has 0 N–H and O–H groups in total. The van der Waals surface area contributed by atoms with E-state index in [1.165, 1.54) is 35.4 Å². The van der Waals surface area contributed by atoms with Crippen LogP contribution in [0.2, 0.25) is 0 Å². The molecule has 6 rings (SSSR count). The number of esters is 1. The molecule has 5 aromatic carbocycles. The fourth-order valence-electron chi connectivity index (χ4n) is 4.67. The molecule has 0 saturated carbocycles. The third kappa shape index (κ3) is 3.22. The van der Waals surface area contributed by atoms with Crippen molar-refractivity contribution in [3.63, 3.8) is 0 Å². The van der Waals surface area contributed by atoms with Crippen molar-refractivity contribution in [1.82, 2.24) is 4.98 Å². The van der Waals surface area contributed by atoms with Crippen LogP contribution in [0.1, 0.15) is 21.6 Å². The van der Waals surface area contributed by atoms with Crippen LogP contribution in [-0.2, 0) is 4.74 Å². The molecule has 0 bridgehead atoms. The van der Waals surface area contributed by atoms with Gasteiger partial charge in [-0.1, -0.05) is 72.5 Å². The molecule has 6 heteroatoms. The predicted molar refractivity (Wildman–Crippen MR) is 136 cm³/mol. The van der Waals surface area contributed by atoms with Crippen molar-refractivity contribution in [3.05, 3.63) is 106 Å². The van der Waals surface area contributed by atoms with Crippen LogP contribution in [0.25, 0.3) is 43.2 Å². The van der Waals surface area contributed by atoms with Crippen molar-refractivity contribution in [2.75, 3.05) is 7.11 Å². The van der Waals surface area contributed by atoms with Crippen molar-refractivity contribution in [3.8, 4) is 11.8 Å². The van der Waals surface area contributed by atoms with Gasteiger partial charge >= 0.3 is 5.97 Å². The van der Waals surface area contributed by atoms with E-state index >= 15 is 0 Å². The van der Waals surface area contributed by atoms with Crippen molar-refractivity contribution >= 4 is 54.9 Å². The van der Waals surface area contributed by atoms with E-state index in [-0.39, 0.29) is 16.9 Å². The summed E-state index contributed by atoms with van der Waals surface area (Å²) < 4.78 is 4.81. The smallest absolute Gasteiger partial charge is 0.356 e. The molecule has 0 fully saturated rings.